The molecule has 0 bridgehead atoms. The summed E-state index contributed by atoms with van der Waals surface area (Å²) in [5.74, 6) is -0.773. The number of carbonyl (C=O) groups is 2. The number of Topliss-reactive ketones (excluding diaryl/α,β-unsaturated/α-hetero) is 1. The lowest BCUT2D eigenvalue weighted by atomic mass is 9.94. The molecule has 6 nitrogen and oxygen atoms in total. The molecular formula is C14H14ClO6P. The molecule has 0 aliphatic heterocycles. The molecule has 2 rings (SSSR count). The molecule has 1 aliphatic carbocycles. The Hall–Kier alpha value is -1.46. The van der Waals surface area contributed by atoms with Gasteiger partial charge in [-0.25, -0.2) is 4.57 Å². The predicted octanol–water partition coefficient (Wildman–Crippen LogP) is 3.75. The van der Waals surface area contributed by atoms with E-state index < -0.39 is 13.6 Å². The maximum absolute atomic E-state index is 12.3. The first-order chi connectivity index (χ1) is 10.4. The molecular weight excluding hydrogens is 331 g/mol. The third-order valence-corrected chi connectivity index (χ3v) is 4.63. The van der Waals surface area contributed by atoms with Crippen molar-refractivity contribution in [2.45, 2.75) is 13.8 Å². The number of benzene rings is 1. The third-order valence-electron chi connectivity index (χ3n) is 2.77. The van der Waals surface area contributed by atoms with Gasteiger partial charge in [0.1, 0.15) is 5.75 Å². The van der Waals surface area contributed by atoms with Crippen molar-refractivity contribution in [2.24, 2.45) is 0 Å². The molecule has 0 atom stereocenters. The van der Waals surface area contributed by atoms with Crippen molar-refractivity contribution >= 4 is 31.0 Å². The number of rotatable bonds is 6. The lowest BCUT2D eigenvalue weighted by Crippen LogP contribution is -2.14. The predicted molar refractivity (Wildman–Crippen MR) is 80.5 cm³/mol. The zero-order chi connectivity index (χ0) is 16.3. The zero-order valence-corrected chi connectivity index (χ0v) is 13.6. The number of hydrogen-bond acceptors (Lipinski definition) is 6. The smallest absolute Gasteiger partial charge is 0.404 e. The largest absolute Gasteiger partial charge is 0.530 e. The van der Waals surface area contributed by atoms with Gasteiger partial charge in [0.05, 0.1) is 18.2 Å². The first-order valence-corrected chi connectivity index (χ1v) is 8.43. The van der Waals surface area contributed by atoms with Crippen LogP contribution in [0.3, 0.4) is 0 Å². The van der Waals surface area contributed by atoms with Gasteiger partial charge in [-0.15, -0.1) is 0 Å². The maximum Gasteiger partial charge on any atom is 0.530 e. The minimum atomic E-state index is -3.77. The highest BCUT2D eigenvalue weighted by molar-refractivity contribution is 7.48. The standard InChI is InChI=1S/C14H14ClO6P/c1-3-19-22(18,20-4-2)21-9-5-6-10-11(7-9)14(17)12(15)8-13(10)16/h5-8H,3-4H2,1-2H3. The highest BCUT2D eigenvalue weighted by atomic mass is 35.5. The van der Waals surface area contributed by atoms with Crippen molar-refractivity contribution in [1.29, 1.82) is 0 Å². The van der Waals surface area contributed by atoms with Crippen LogP contribution in [0, 0.1) is 0 Å². The van der Waals surface area contributed by atoms with Crippen LogP contribution in [0.1, 0.15) is 34.6 Å². The Balaban J connectivity index is 2.35. The summed E-state index contributed by atoms with van der Waals surface area (Å²) in [6.45, 7) is 3.56. The topological polar surface area (TPSA) is 78.9 Å². The van der Waals surface area contributed by atoms with Crippen LogP contribution in [0.2, 0.25) is 0 Å². The van der Waals surface area contributed by atoms with E-state index in [1.807, 2.05) is 0 Å². The molecule has 118 valence electrons. The number of phosphoric ester groups is 1. The Kier molecular flexibility index (Phi) is 5.19. The second-order valence-electron chi connectivity index (χ2n) is 4.27. The van der Waals surface area contributed by atoms with E-state index >= 15 is 0 Å². The Morgan fingerprint density at radius 3 is 2.32 bits per heavy atom. The van der Waals surface area contributed by atoms with Gasteiger partial charge in [0.2, 0.25) is 5.78 Å². The molecule has 0 N–H and O–H groups in total. The summed E-state index contributed by atoms with van der Waals surface area (Å²) >= 11 is 5.72. The van der Waals surface area contributed by atoms with E-state index in [0.29, 0.717) is 0 Å². The van der Waals surface area contributed by atoms with E-state index in [2.05, 4.69) is 0 Å². The van der Waals surface area contributed by atoms with E-state index in [1.165, 1.54) is 18.2 Å². The summed E-state index contributed by atoms with van der Waals surface area (Å²) < 4.78 is 27.6. The third kappa shape index (κ3) is 3.47. The number of fused-ring (bicyclic) bond motifs is 1. The van der Waals surface area contributed by atoms with Crippen LogP contribution in [0.15, 0.2) is 29.3 Å². The minimum absolute atomic E-state index is 0.0922. The Morgan fingerprint density at radius 2 is 1.73 bits per heavy atom. The first kappa shape index (κ1) is 16.9. The molecule has 0 aromatic heterocycles. The summed E-state index contributed by atoms with van der Waals surface area (Å²) in [5.41, 5.74) is 0.305. The average molecular weight is 345 g/mol. The second kappa shape index (κ2) is 6.75. The molecule has 0 amide bonds. The summed E-state index contributed by atoms with van der Waals surface area (Å²) in [6, 6.07) is 4.13. The molecule has 0 saturated carbocycles. The van der Waals surface area contributed by atoms with Gasteiger partial charge in [-0.3, -0.25) is 18.6 Å². The number of carbonyl (C=O) groups excluding carboxylic acids is 2. The van der Waals surface area contributed by atoms with Gasteiger partial charge in [0, 0.05) is 17.2 Å². The fourth-order valence-corrected chi connectivity index (χ4v) is 3.29. The number of ketones is 2. The van der Waals surface area contributed by atoms with Crippen LogP contribution in [0.5, 0.6) is 5.75 Å². The van der Waals surface area contributed by atoms with Crippen molar-refractivity contribution in [3.8, 4) is 5.75 Å². The molecule has 1 aliphatic rings. The summed E-state index contributed by atoms with van der Waals surface area (Å²) in [7, 11) is -3.77. The quantitative estimate of drug-likeness (QED) is 0.731. The van der Waals surface area contributed by atoms with Gasteiger partial charge in [-0.2, -0.15) is 0 Å². The minimum Gasteiger partial charge on any atom is -0.404 e. The van der Waals surface area contributed by atoms with Crippen LogP contribution in [0.4, 0.5) is 0 Å². The van der Waals surface area contributed by atoms with Gasteiger partial charge in [-0.05, 0) is 32.0 Å². The summed E-state index contributed by atoms with van der Waals surface area (Å²) in [4.78, 5) is 23.8. The van der Waals surface area contributed by atoms with Gasteiger partial charge in [0.25, 0.3) is 0 Å². The van der Waals surface area contributed by atoms with E-state index in [1.54, 1.807) is 13.8 Å². The fraction of sp³-hybridized carbons (Fsp3) is 0.286. The second-order valence-corrected chi connectivity index (χ2v) is 6.27. The lowest BCUT2D eigenvalue weighted by molar-refractivity contribution is 0.0990. The first-order valence-electron chi connectivity index (χ1n) is 6.59. The Labute approximate surface area is 132 Å². The van der Waals surface area contributed by atoms with Gasteiger partial charge >= 0.3 is 7.82 Å². The molecule has 1 aromatic carbocycles. The summed E-state index contributed by atoms with van der Waals surface area (Å²) in [5, 5.41) is -0.174. The molecule has 0 fully saturated rings. The number of halogens is 1. The fourth-order valence-electron chi connectivity index (χ4n) is 1.91. The van der Waals surface area contributed by atoms with E-state index in [4.69, 9.17) is 25.2 Å². The maximum atomic E-state index is 12.3. The van der Waals surface area contributed by atoms with Crippen LogP contribution < -0.4 is 4.52 Å². The van der Waals surface area contributed by atoms with Crippen LogP contribution in [0.25, 0.3) is 0 Å². The zero-order valence-electron chi connectivity index (χ0n) is 12.0. The monoisotopic (exact) mass is 344 g/mol. The van der Waals surface area contributed by atoms with E-state index in [0.717, 1.165) is 6.08 Å². The Morgan fingerprint density at radius 1 is 1.09 bits per heavy atom. The molecule has 0 spiro atoms. The van der Waals surface area contributed by atoms with E-state index in [-0.39, 0.29) is 40.9 Å². The number of phosphoric acid groups is 1. The number of allylic oxidation sites excluding steroid dienone is 2. The van der Waals surface area contributed by atoms with Gasteiger partial charge < -0.3 is 4.52 Å². The van der Waals surface area contributed by atoms with Crippen molar-refractivity contribution in [3.63, 3.8) is 0 Å². The van der Waals surface area contributed by atoms with Crippen molar-refractivity contribution < 1.29 is 27.7 Å². The summed E-state index contributed by atoms with van der Waals surface area (Å²) in [6.07, 6.45) is 1.07. The van der Waals surface area contributed by atoms with Crippen LogP contribution in [-0.2, 0) is 13.6 Å². The molecule has 0 saturated heterocycles. The molecule has 0 heterocycles. The Bertz CT molecular complexity index is 687. The SMILES string of the molecule is CCOP(=O)(OCC)Oc1ccc2c(c1)C(=O)C(Cl)=CC2=O. The van der Waals surface area contributed by atoms with Crippen molar-refractivity contribution in [3.05, 3.63) is 40.4 Å². The lowest BCUT2D eigenvalue weighted by Gasteiger charge is -2.18. The highest BCUT2D eigenvalue weighted by Gasteiger charge is 2.30. The highest BCUT2D eigenvalue weighted by Crippen LogP contribution is 2.49. The normalized spacial score (nSPS) is 14.6. The van der Waals surface area contributed by atoms with Crippen molar-refractivity contribution in [1.82, 2.24) is 0 Å². The number of hydrogen-bond donors (Lipinski definition) is 0. The van der Waals surface area contributed by atoms with Gasteiger partial charge in [0.15, 0.2) is 5.78 Å². The molecule has 22 heavy (non-hydrogen) atoms. The van der Waals surface area contributed by atoms with Crippen molar-refractivity contribution in [2.75, 3.05) is 13.2 Å². The van der Waals surface area contributed by atoms with E-state index in [9.17, 15) is 14.2 Å². The van der Waals surface area contributed by atoms with Gasteiger partial charge in [-0.1, -0.05) is 11.6 Å². The average Bonchev–Trinajstić information content (AvgIpc) is 2.45. The van der Waals surface area contributed by atoms with Crippen LogP contribution >= 0.6 is 19.4 Å². The molecule has 1 aromatic rings. The molecule has 8 heteroatoms. The molecule has 0 unspecified atom stereocenters. The molecule has 0 radical (unpaired) electrons. The van der Waals surface area contributed by atoms with Crippen LogP contribution in [-0.4, -0.2) is 24.8 Å².